The molecule has 0 bridgehead atoms. The predicted molar refractivity (Wildman–Crippen MR) is 119 cm³/mol. The summed E-state index contributed by atoms with van der Waals surface area (Å²) in [5, 5.41) is 4.01. The molecule has 1 aliphatic carbocycles. The molecule has 1 saturated heterocycles. The minimum atomic E-state index is -0.663. The molecule has 160 valence electrons. The van der Waals surface area contributed by atoms with Crippen LogP contribution in [0, 0.1) is 5.41 Å². The van der Waals surface area contributed by atoms with E-state index in [0.717, 1.165) is 23.7 Å². The van der Waals surface area contributed by atoms with E-state index in [-0.39, 0.29) is 17.9 Å². The average Bonchev–Trinajstić information content (AvgIpc) is 3.50. The van der Waals surface area contributed by atoms with Crippen LogP contribution in [0.2, 0.25) is 5.02 Å². The van der Waals surface area contributed by atoms with Gasteiger partial charge >= 0.3 is 0 Å². The Labute approximate surface area is 183 Å². The molecule has 1 N–H and O–H groups in total. The molecule has 1 aromatic heterocycles. The van der Waals surface area contributed by atoms with Gasteiger partial charge in [-0.3, -0.25) is 4.79 Å². The summed E-state index contributed by atoms with van der Waals surface area (Å²) >= 11 is 6.05. The van der Waals surface area contributed by atoms with E-state index < -0.39 is 5.41 Å². The van der Waals surface area contributed by atoms with Crippen LogP contribution < -0.4 is 10.1 Å². The van der Waals surface area contributed by atoms with Crippen LogP contribution in [-0.4, -0.2) is 48.6 Å². The second-order valence-electron chi connectivity index (χ2n) is 9.30. The van der Waals surface area contributed by atoms with Crippen LogP contribution in [0.25, 0.3) is 0 Å². The SMILES string of the molecule is CN1CC(c2ccc(Cl)cc2)[C@@H](NC(=O)C(C)(C)COc2ncccc2C2CC2)C1. The van der Waals surface area contributed by atoms with Crippen LogP contribution in [0.1, 0.15) is 49.7 Å². The van der Waals surface area contributed by atoms with Gasteiger partial charge in [0.25, 0.3) is 0 Å². The monoisotopic (exact) mass is 427 g/mol. The number of likely N-dealkylation sites (N-methyl/N-ethyl adjacent to an activating group) is 1. The molecular formula is C24H30ClN3O2. The van der Waals surface area contributed by atoms with Crippen LogP contribution in [0.3, 0.4) is 0 Å². The lowest BCUT2D eigenvalue weighted by Gasteiger charge is -2.28. The van der Waals surface area contributed by atoms with Crippen molar-refractivity contribution in [3.63, 3.8) is 0 Å². The summed E-state index contributed by atoms with van der Waals surface area (Å²) in [5.74, 6) is 1.47. The minimum Gasteiger partial charge on any atom is -0.476 e. The topological polar surface area (TPSA) is 54.5 Å². The molecule has 2 aromatic rings. The molecular weight excluding hydrogens is 398 g/mol. The number of hydrogen-bond acceptors (Lipinski definition) is 4. The van der Waals surface area contributed by atoms with E-state index in [0.29, 0.717) is 18.4 Å². The van der Waals surface area contributed by atoms with Gasteiger partial charge in [-0.25, -0.2) is 4.98 Å². The number of rotatable bonds is 7. The van der Waals surface area contributed by atoms with Gasteiger partial charge in [-0.05, 0) is 63.4 Å². The number of likely N-dealkylation sites (tertiary alicyclic amines) is 1. The van der Waals surface area contributed by atoms with Gasteiger partial charge in [-0.1, -0.05) is 29.8 Å². The second kappa shape index (κ2) is 8.56. The van der Waals surface area contributed by atoms with Gasteiger partial charge in [0.15, 0.2) is 0 Å². The summed E-state index contributed by atoms with van der Waals surface area (Å²) in [6, 6.07) is 12.0. The Morgan fingerprint density at radius 3 is 2.67 bits per heavy atom. The maximum absolute atomic E-state index is 13.2. The number of ether oxygens (including phenoxy) is 1. The first-order chi connectivity index (χ1) is 14.3. The zero-order chi connectivity index (χ0) is 21.3. The summed E-state index contributed by atoms with van der Waals surface area (Å²) in [5.41, 5.74) is 1.70. The molecule has 2 aliphatic rings. The lowest BCUT2D eigenvalue weighted by Crippen LogP contribution is -2.48. The van der Waals surface area contributed by atoms with Gasteiger partial charge in [0, 0.05) is 41.8 Å². The van der Waals surface area contributed by atoms with Gasteiger partial charge in [0.2, 0.25) is 11.8 Å². The maximum Gasteiger partial charge on any atom is 0.229 e. The summed E-state index contributed by atoms with van der Waals surface area (Å²) in [4.78, 5) is 19.8. The van der Waals surface area contributed by atoms with Gasteiger partial charge in [-0.2, -0.15) is 0 Å². The number of nitrogens with zero attached hydrogens (tertiary/aromatic N) is 2. The van der Waals surface area contributed by atoms with Crippen molar-refractivity contribution in [2.75, 3.05) is 26.7 Å². The minimum absolute atomic E-state index is 0.00525. The third-order valence-corrected chi connectivity index (χ3v) is 6.37. The molecule has 6 heteroatoms. The number of hydrogen-bond donors (Lipinski definition) is 1. The molecule has 1 amide bonds. The highest BCUT2D eigenvalue weighted by atomic mass is 35.5. The zero-order valence-corrected chi connectivity index (χ0v) is 18.7. The van der Waals surface area contributed by atoms with E-state index in [1.807, 2.05) is 32.0 Å². The van der Waals surface area contributed by atoms with E-state index in [9.17, 15) is 4.79 Å². The first-order valence-corrected chi connectivity index (χ1v) is 11.0. The summed E-state index contributed by atoms with van der Waals surface area (Å²) in [6.07, 6.45) is 4.12. The van der Waals surface area contributed by atoms with E-state index in [1.54, 1.807) is 6.20 Å². The van der Waals surface area contributed by atoms with Gasteiger partial charge in [0.1, 0.15) is 6.61 Å². The molecule has 1 unspecified atom stereocenters. The molecule has 1 aromatic carbocycles. The van der Waals surface area contributed by atoms with Crippen molar-refractivity contribution < 1.29 is 9.53 Å². The van der Waals surface area contributed by atoms with Crippen molar-refractivity contribution in [2.45, 2.75) is 44.6 Å². The van der Waals surface area contributed by atoms with Crippen LogP contribution in [-0.2, 0) is 4.79 Å². The standard InChI is InChI=1S/C24H30ClN3O2/c1-24(2,15-30-22-19(16-6-7-16)5-4-12-26-22)23(29)27-21-14-28(3)13-20(21)17-8-10-18(25)11-9-17/h4-5,8-12,16,20-21H,6-7,13-15H2,1-3H3,(H,27,29)/t20?,21-/m0/s1. The highest BCUT2D eigenvalue weighted by Crippen LogP contribution is 2.43. The van der Waals surface area contributed by atoms with Gasteiger partial charge in [-0.15, -0.1) is 0 Å². The van der Waals surface area contributed by atoms with Crippen molar-refractivity contribution in [3.05, 3.63) is 58.7 Å². The Kier molecular flexibility index (Phi) is 6.03. The Hall–Kier alpha value is -2.11. The number of benzene rings is 1. The third kappa shape index (κ3) is 4.79. The fourth-order valence-corrected chi connectivity index (χ4v) is 4.23. The number of nitrogens with one attached hydrogen (secondary N) is 1. The fraction of sp³-hybridized carbons (Fsp3) is 0.500. The van der Waals surface area contributed by atoms with Crippen molar-refractivity contribution >= 4 is 17.5 Å². The number of carbonyl (C=O) groups is 1. The van der Waals surface area contributed by atoms with Gasteiger partial charge < -0.3 is 15.0 Å². The number of aromatic nitrogens is 1. The third-order valence-electron chi connectivity index (χ3n) is 6.12. The highest BCUT2D eigenvalue weighted by Gasteiger charge is 2.37. The Bertz CT molecular complexity index is 896. The zero-order valence-electron chi connectivity index (χ0n) is 17.9. The molecule has 2 heterocycles. The highest BCUT2D eigenvalue weighted by molar-refractivity contribution is 6.30. The lowest BCUT2D eigenvalue weighted by molar-refractivity contribution is -0.131. The predicted octanol–water partition coefficient (Wildman–Crippen LogP) is 4.23. The Morgan fingerprint density at radius 2 is 1.97 bits per heavy atom. The average molecular weight is 428 g/mol. The first-order valence-electron chi connectivity index (χ1n) is 10.7. The smallest absolute Gasteiger partial charge is 0.229 e. The van der Waals surface area contributed by atoms with Gasteiger partial charge in [0.05, 0.1) is 5.41 Å². The Morgan fingerprint density at radius 1 is 1.23 bits per heavy atom. The van der Waals surface area contributed by atoms with E-state index in [1.165, 1.54) is 18.4 Å². The molecule has 2 fully saturated rings. The first kappa shape index (κ1) is 21.1. The molecule has 2 atom stereocenters. The number of amides is 1. The van der Waals surface area contributed by atoms with Crippen molar-refractivity contribution in [2.24, 2.45) is 5.41 Å². The molecule has 0 radical (unpaired) electrons. The fourth-order valence-electron chi connectivity index (χ4n) is 4.10. The maximum atomic E-state index is 13.2. The number of pyridine rings is 1. The molecule has 1 saturated carbocycles. The normalized spacial score (nSPS) is 22.1. The van der Waals surface area contributed by atoms with E-state index >= 15 is 0 Å². The molecule has 5 nitrogen and oxygen atoms in total. The largest absolute Gasteiger partial charge is 0.476 e. The summed E-state index contributed by atoms with van der Waals surface area (Å²) in [7, 11) is 2.09. The van der Waals surface area contributed by atoms with Crippen molar-refractivity contribution in [3.8, 4) is 5.88 Å². The molecule has 0 spiro atoms. The number of halogens is 1. The summed E-state index contributed by atoms with van der Waals surface area (Å²) in [6.45, 7) is 5.88. The molecule has 30 heavy (non-hydrogen) atoms. The quantitative estimate of drug-likeness (QED) is 0.718. The van der Waals surface area contributed by atoms with Crippen LogP contribution in [0.15, 0.2) is 42.6 Å². The molecule has 1 aliphatic heterocycles. The van der Waals surface area contributed by atoms with Crippen LogP contribution in [0.5, 0.6) is 5.88 Å². The van der Waals surface area contributed by atoms with E-state index in [4.69, 9.17) is 16.3 Å². The summed E-state index contributed by atoms with van der Waals surface area (Å²) < 4.78 is 6.04. The second-order valence-corrected chi connectivity index (χ2v) is 9.74. The Balaban J connectivity index is 1.40. The van der Waals surface area contributed by atoms with Crippen LogP contribution >= 0.6 is 11.6 Å². The lowest BCUT2D eigenvalue weighted by atomic mass is 9.90. The van der Waals surface area contributed by atoms with Crippen molar-refractivity contribution in [1.82, 2.24) is 15.2 Å². The van der Waals surface area contributed by atoms with Crippen LogP contribution in [0.4, 0.5) is 0 Å². The number of carbonyl (C=O) groups excluding carboxylic acids is 1. The van der Waals surface area contributed by atoms with E-state index in [2.05, 4.69) is 40.4 Å². The van der Waals surface area contributed by atoms with Crippen molar-refractivity contribution in [1.29, 1.82) is 0 Å². The molecule has 4 rings (SSSR count).